The van der Waals surface area contributed by atoms with Gasteiger partial charge in [0.05, 0.1) is 11.4 Å². The summed E-state index contributed by atoms with van der Waals surface area (Å²) in [4.78, 5) is 42.7. The molecule has 0 aromatic carbocycles. The first-order valence-electron chi connectivity index (χ1n) is 8.72. The lowest BCUT2D eigenvalue weighted by atomic mass is 10.1. The number of carbonyl (C=O) groups is 3. The molecule has 7 nitrogen and oxygen atoms in total. The van der Waals surface area contributed by atoms with Crippen molar-refractivity contribution in [3.63, 3.8) is 0 Å². The number of carboxylic acid groups (broad SMARTS) is 1. The molecule has 0 bridgehead atoms. The van der Waals surface area contributed by atoms with Gasteiger partial charge in [0.1, 0.15) is 6.54 Å². The standard InChI is InChI=1S/C18H25N3O4S/c1-14(22)21(11-18(24)25)16-6-4-9-20(10-7-16)17(23)13-26-12-15-5-2-3-8-19-15/h2-3,5,8,16H,4,6-7,9-13H2,1H3,(H,24,25). The number of hydrogen-bond donors (Lipinski definition) is 1. The van der Waals surface area contributed by atoms with Crippen LogP contribution in [0.5, 0.6) is 0 Å². The first-order valence-corrected chi connectivity index (χ1v) is 9.87. The van der Waals surface area contributed by atoms with Crippen LogP contribution in [-0.2, 0) is 20.1 Å². The van der Waals surface area contributed by atoms with Gasteiger partial charge in [-0.05, 0) is 31.4 Å². The summed E-state index contributed by atoms with van der Waals surface area (Å²) in [7, 11) is 0. The first-order chi connectivity index (χ1) is 12.5. The third-order valence-corrected chi connectivity index (χ3v) is 5.35. The molecule has 1 fully saturated rings. The molecule has 2 amide bonds. The lowest BCUT2D eigenvalue weighted by Gasteiger charge is -2.28. The van der Waals surface area contributed by atoms with Crippen molar-refractivity contribution in [3.8, 4) is 0 Å². The lowest BCUT2D eigenvalue weighted by molar-refractivity contribution is -0.145. The lowest BCUT2D eigenvalue weighted by Crippen LogP contribution is -2.43. The van der Waals surface area contributed by atoms with Gasteiger partial charge in [0, 0.05) is 38.0 Å². The predicted molar refractivity (Wildman–Crippen MR) is 99.6 cm³/mol. The van der Waals surface area contributed by atoms with E-state index in [9.17, 15) is 14.4 Å². The van der Waals surface area contributed by atoms with Crippen molar-refractivity contribution in [2.24, 2.45) is 0 Å². The Bertz CT molecular complexity index is 626. The Morgan fingerprint density at radius 3 is 2.77 bits per heavy atom. The van der Waals surface area contributed by atoms with Crippen molar-refractivity contribution >= 4 is 29.5 Å². The van der Waals surface area contributed by atoms with Crippen LogP contribution in [-0.4, -0.2) is 69.1 Å². The van der Waals surface area contributed by atoms with Crippen molar-refractivity contribution in [2.45, 2.75) is 38.0 Å². The fourth-order valence-corrected chi connectivity index (χ4v) is 3.94. The third kappa shape index (κ3) is 6.33. The molecule has 1 saturated heterocycles. The molecule has 1 aromatic heterocycles. The second kappa shape index (κ2) is 10.2. The number of hydrogen-bond acceptors (Lipinski definition) is 5. The zero-order chi connectivity index (χ0) is 18.9. The molecule has 1 aliphatic heterocycles. The molecule has 0 spiro atoms. The van der Waals surface area contributed by atoms with Gasteiger partial charge in [0.15, 0.2) is 0 Å². The van der Waals surface area contributed by atoms with Gasteiger partial charge in [-0.1, -0.05) is 6.07 Å². The monoisotopic (exact) mass is 379 g/mol. The van der Waals surface area contributed by atoms with Crippen LogP contribution in [0.2, 0.25) is 0 Å². The van der Waals surface area contributed by atoms with E-state index in [0.717, 1.165) is 18.5 Å². The molecular weight excluding hydrogens is 354 g/mol. The molecule has 26 heavy (non-hydrogen) atoms. The fourth-order valence-electron chi connectivity index (χ4n) is 3.10. The number of nitrogens with zero attached hydrogens (tertiary/aromatic N) is 3. The van der Waals surface area contributed by atoms with E-state index in [4.69, 9.17) is 5.11 Å². The number of carbonyl (C=O) groups excluding carboxylic acids is 2. The molecule has 142 valence electrons. The molecule has 2 heterocycles. The number of aliphatic carboxylic acids is 1. The second-order valence-corrected chi connectivity index (χ2v) is 7.31. The van der Waals surface area contributed by atoms with Crippen molar-refractivity contribution < 1.29 is 19.5 Å². The van der Waals surface area contributed by atoms with E-state index in [1.807, 2.05) is 23.1 Å². The number of thioether (sulfide) groups is 1. The maximum Gasteiger partial charge on any atom is 0.323 e. The zero-order valence-electron chi connectivity index (χ0n) is 15.0. The van der Waals surface area contributed by atoms with E-state index in [2.05, 4.69) is 4.98 Å². The van der Waals surface area contributed by atoms with E-state index in [-0.39, 0.29) is 24.4 Å². The Morgan fingerprint density at radius 1 is 1.31 bits per heavy atom. The summed E-state index contributed by atoms with van der Waals surface area (Å²) in [6.45, 7) is 2.31. The Labute approximate surface area is 157 Å². The van der Waals surface area contributed by atoms with E-state index >= 15 is 0 Å². The smallest absolute Gasteiger partial charge is 0.323 e. The van der Waals surface area contributed by atoms with Crippen LogP contribution in [0.1, 0.15) is 31.9 Å². The largest absolute Gasteiger partial charge is 0.480 e. The van der Waals surface area contributed by atoms with Crippen LogP contribution in [0.25, 0.3) is 0 Å². The average Bonchev–Trinajstić information content (AvgIpc) is 2.86. The molecule has 1 unspecified atom stereocenters. The quantitative estimate of drug-likeness (QED) is 0.774. The highest BCUT2D eigenvalue weighted by molar-refractivity contribution is 7.99. The highest BCUT2D eigenvalue weighted by Gasteiger charge is 2.27. The van der Waals surface area contributed by atoms with Crippen LogP contribution in [0.3, 0.4) is 0 Å². The van der Waals surface area contributed by atoms with Crippen LogP contribution in [0.15, 0.2) is 24.4 Å². The van der Waals surface area contributed by atoms with E-state index in [1.54, 1.807) is 6.20 Å². The molecule has 0 saturated carbocycles. The topological polar surface area (TPSA) is 90.8 Å². The summed E-state index contributed by atoms with van der Waals surface area (Å²) >= 11 is 1.54. The van der Waals surface area contributed by atoms with E-state index in [0.29, 0.717) is 31.0 Å². The molecule has 1 aromatic rings. The molecule has 0 aliphatic carbocycles. The van der Waals surface area contributed by atoms with Gasteiger partial charge in [0.25, 0.3) is 0 Å². The second-order valence-electron chi connectivity index (χ2n) is 6.32. The summed E-state index contributed by atoms with van der Waals surface area (Å²) < 4.78 is 0. The number of rotatable bonds is 7. The van der Waals surface area contributed by atoms with Gasteiger partial charge in [-0.25, -0.2) is 0 Å². The zero-order valence-corrected chi connectivity index (χ0v) is 15.8. The van der Waals surface area contributed by atoms with Gasteiger partial charge >= 0.3 is 5.97 Å². The van der Waals surface area contributed by atoms with Crippen molar-refractivity contribution in [3.05, 3.63) is 30.1 Å². The summed E-state index contributed by atoms with van der Waals surface area (Å²) in [5, 5.41) is 9.00. The van der Waals surface area contributed by atoms with Gasteiger partial charge in [-0.2, -0.15) is 0 Å². The predicted octanol–water partition coefficient (Wildman–Crippen LogP) is 1.63. The molecule has 0 radical (unpaired) electrons. The summed E-state index contributed by atoms with van der Waals surface area (Å²) in [6.07, 6.45) is 3.84. The Balaban J connectivity index is 1.82. The highest BCUT2D eigenvalue weighted by atomic mass is 32.2. The van der Waals surface area contributed by atoms with Crippen molar-refractivity contribution in [1.82, 2.24) is 14.8 Å². The normalized spacial score (nSPS) is 17.4. The Kier molecular flexibility index (Phi) is 7.90. The minimum atomic E-state index is -1.01. The molecule has 8 heteroatoms. The molecule has 1 atom stereocenters. The maximum absolute atomic E-state index is 12.4. The Hall–Kier alpha value is -2.09. The van der Waals surface area contributed by atoms with E-state index < -0.39 is 5.97 Å². The average molecular weight is 379 g/mol. The fraction of sp³-hybridized carbons (Fsp3) is 0.556. The van der Waals surface area contributed by atoms with Gasteiger partial charge < -0.3 is 14.9 Å². The molecule has 2 rings (SSSR count). The van der Waals surface area contributed by atoms with Gasteiger partial charge in [0.2, 0.25) is 11.8 Å². The van der Waals surface area contributed by atoms with Crippen LogP contribution in [0.4, 0.5) is 0 Å². The van der Waals surface area contributed by atoms with E-state index in [1.165, 1.54) is 23.6 Å². The van der Waals surface area contributed by atoms with Crippen LogP contribution < -0.4 is 0 Å². The minimum Gasteiger partial charge on any atom is -0.480 e. The summed E-state index contributed by atoms with van der Waals surface area (Å²) in [5.41, 5.74) is 0.951. The van der Waals surface area contributed by atoms with Gasteiger partial charge in [-0.15, -0.1) is 11.8 Å². The first kappa shape index (κ1) is 20.2. The van der Waals surface area contributed by atoms with Crippen molar-refractivity contribution in [2.75, 3.05) is 25.4 Å². The Morgan fingerprint density at radius 2 is 2.12 bits per heavy atom. The van der Waals surface area contributed by atoms with Crippen LogP contribution >= 0.6 is 11.8 Å². The third-order valence-electron chi connectivity index (χ3n) is 4.40. The number of amides is 2. The minimum absolute atomic E-state index is 0.0826. The number of likely N-dealkylation sites (tertiary alicyclic amines) is 1. The van der Waals surface area contributed by atoms with Crippen LogP contribution in [0, 0.1) is 0 Å². The molecule has 1 aliphatic rings. The number of pyridine rings is 1. The molecular formula is C18H25N3O4S. The summed E-state index contributed by atoms with van der Waals surface area (Å²) in [5.74, 6) is -0.0717. The van der Waals surface area contributed by atoms with Gasteiger partial charge in [-0.3, -0.25) is 19.4 Å². The van der Waals surface area contributed by atoms with Crippen molar-refractivity contribution in [1.29, 1.82) is 0 Å². The maximum atomic E-state index is 12.4. The summed E-state index contributed by atoms with van der Waals surface area (Å²) in [6, 6.07) is 5.61. The number of aromatic nitrogens is 1. The SMILES string of the molecule is CC(=O)N(CC(=O)O)C1CCCN(C(=O)CSCc2ccccn2)CC1. The highest BCUT2D eigenvalue weighted by Crippen LogP contribution is 2.19. The number of carboxylic acids is 1. The molecule has 1 N–H and O–H groups in total.